The topological polar surface area (TPSA) is 88.4 Å². The SMILES string of the molecule is CC1(C)O[C@H]2O[C@@H](CO)[C@H](O)[C@H](O)[C@H]2O1. The Kier molecular flexibility index (Phi) is 2.74. The summed E-state index contributed by atoms with van der Waals surface area (Å²) in [5, 5.41) is 28.3. The van der Waals surface area contributed by atoms with Crippen molar-refractivity contribution in [2.45, 2.75) is 50.3 Å². The van der Waals surface area contributed by atoms with E-state index in [1.807, 2.05) is 0 Å². The maximum atomic E-state index is 9.74. The minimum absolute atomic E-state index is 0.370. The standard InChI is InChI=1S/C9H16O6/c1-9(2)14-7-6(12)5(11)4(3-10)13-8(7)15-9/h4-8,10-12H,3H2,1-2H3/t4-,5-,6-,7+,8+/m0/s1. The summed E-state index contributed by atoms with van der Waals surface area (Å²) in [6.07, 6.45) is -4.55. The molecule has 0 spiro atoms. The maximum Gasteiger partial charge on any atom is 0.190 e. The van der Waals surface area contributed by atoms with Gasteiger partial charge in [-0.3, -0.25) is 0 Å². The normalized spacial score (nSPS) is 49.0. The molecule has 6 nitrogen and oxygen atoms in total. The van der Waals surface area contributed by atoms with E-state index < -0.39 is 36.5 Å². The summed E-state index contributed by atoms with van der Waals surface area (Å²) in [6, 6.07) is 0. The fraction of sp³-hybridized carbons (Fsp3) is 1.00. The molecule has 0 aliphatic carbocycles. The number of hydrogen-bond donors (Lipinski definition) is 3. The number of hydrogen-bond acceptors (Lipinski definition) is 6. The molecule has 5 atom stereocenters. The van der Waals surface area contributed by atoms with Crippen LogP contribution in [0.25, 0.3) is 0 Å². The first-order chi connectivity index (χ1) is 6.94. The zero-order chi connectivity index (χ0) is 11.2. The van der Waals surface area contributed by atoms with Crippen LogP contribution < -0.4 is 0 Å². The van der Waals surface area contributed by atoms with Gasteiger partial charge in [-0.1, -0.05) is 0 Å². The van der Waals surface area contributed by atoms with E-state index in [1.54, 1.807) is 13.8 Å². The Hall–Kier alpha value is -0.240. The lowest BCUT2D eigenvalue weighted by molar-refractivity contribution is -0.256. The van der Waals surface area contributed by atoms with Gasteiger partial charge in [0.2, 0.25) is 0 Å². The van der Waals surface area contributed by atoms with Crippen molar-refractivity contribution in [3.8, 4) is 0 Å². The van der Waals surface area contributed by atoms with Crippen molar-refractivity contribution in [2.75, 3.05) is 6.61 Å². The molecular weight excluding hydrogens is 204 g/mol. The molecule has 15 heavy (non-hydrogen) atoms. The number of aliphatic hydroxyl groups is 3. The van der Waals surface area contributed by atoms with Crippen LogP contribution in [0.1, 0.15) is 13.8 Å². The van der Waals surface area contributed by atoms with Gasteiger partial charge in [0.15, 0.2) is 12.1 Å². The first-order valence-corrected chi connectivity index (χ1v) is 4.93. The molecule has 2 saturated heterocycles. The van der Waals surface area contributed by atoms with E-state index >= 15 is 0 Å². The highest BCUT2D eigenvalue weighted by molar-refractivity contribution is 4.93. The van der Waals surface area contributed by atoms with Crippen LogP contribution in [-0.4, -0.2) is 58.4 Å². The van der Waals surface area contributed by atoms with Crippen LogP contribution in [0.2, 0.25) is 0 Å². The lowest BCUT2D eigenvalue weighted by atomic mass is 9.99. The van der Waals surface area contributed by atoms with Crippen molar-refractivity contribution >= 4 is 0 Å². The first kappa shape index (κ1) is 11.3. The molecule has 0 radical (unpaired) electrons. The number of aliphatic hydroxyl groups excluding tert-OH is 3. The predicted molar refractivity (Wildman–Crippen MR) is 47.8 cm³/mol. The molecule has 0 saturated carbocycles. The van der Waals surface area contributed by atoms with Crippen molar-refractivity contribution < 1.29 is 29.5 Å². The predicted octanol–water partition coefficient (Wildman–Crippen LogP) is -1.42. The second-order valence-electron chi connectivity index (χ2n) is 4.31. The third-order valence-corrected chi connectivity index (χ3v) is 2.64. The summed E-state index contributed by atoms with van der Waals surface area (Å²) in [6.45, 7) is 3.02. The third kappa shape index (κ3) is 1.89. The van der Waals surface area contributed by atoms with Crippen LogP contribution in [0.4, 0.5) is 0 Å². The molecule has 2 aliphatic rings. The van der Waals surface area contributed by atoms with Gasteiger partial charge in [-0.15, -0.1) is 0 Å². The van der Waals surface area contributed by atoms with Gasteiger partial charge in [-0.25, -0.2) is 0 Å². The molecule has 2 heterocycles. The zero-order valence-electron chi connectivity index (χ0n) is 8.66. The lowest BCUT2D eigenvalue weighted by Gasteiger charge is -2.36. The van der Waals surface area contributed by atoms with Crippen molar-refractivity contribution in [2.24, 2.45) is 0 Å². The van der Waals surface area contributed by atoms with Gasteiger partial charge in [-0.2, -0.15) is 0 Å². The van der Waals surface area contributed by atoms with E-state index in [0.29, 0.717) is 0 Å². The van der Waals surface area contributed by atoms with Gasteiger partial charge in [0.25, 0.3) is 0 Å². The first-order valence-electron chi connectivity index (χ1n) is 4.93. The van der Waals surface area contributed by atoms with Crippen LogP contribution >= 0.6 is 0 Å². The number of ether oxygens (including phenoxy) is 3. The summed E-state index contributed by atoms with van der Waals surface area (Å²) >= 11 is 0. The number of fused-ring (bicyclic) bond motifs is 1. The molecule has 2 rings (SSSR count). The summed E-state index contributed by atoms with van der Waals surface area (Å²) in [5.74, 6) is -0.847. The van der Waals surface area contributed by atoms with E-state index in [9.17, 15) is 10.2 Å². The largest absolute Gasteiger partial charge is 0.394 e. The second kappa shape index (κ2) is 3.65. The van der Waals surface area contributed by atoms with Crippen LogP contribution in [0.15, 0.2) is 0 Å². The lowest BCUT2D eigenvalue weighted by Crippen LogP contribution is -2.57. The fourth-order valence-corrected chi connectivity index (χ4v) is 1.91. The van der Waals surface area contributed by atoms with Crippen LogP contribution in [0.3, 0.4) is 0 Å². The van der Waals surface area contributed by atoms with Crippen molar-refractivity contribution in [1.29, 1.82) is 0 Å². The van der Waals surface area contributed by atoms with Gasteiger partial charge in [0, 0.05) is 0 Å². The average Bonchev–Trinajstić information content (AvgIpc) is 2.47. The molecule has 2 aliphatic heterocycles. The highest BCUT2D eigenvalue weighted by atomic mass is 16.8. The Labute approximate surface area is 87.4 Å². The van der Waals surface area contributed by atoms with Gasteiger partial charge < -0.3 is 29.5 Å². The highest BCUT2D eigenvalue weighted by Crippen LogP contribution is 2.35. The van der Waals surface area contributed by atoms with Crippen molar-refractivity contribution in [3.63, 3.8) is 0 Å². The molecule has 2 fully saturated rings. The average molecular weight is 220 g/mol. The summed E-state index contributed by atoms with van der Waals surface area (Å²) in [4.78, 5) is 0. The molecule has 0 aromatic heterocycles. The highest BCUT2D eigenvalue weighted by Gasteiger charge is 2.53. The molecule has 3 N–H and O–H groups in total. The molecule has 0 unspecified atom stereocenters. The summed E-state index contributed by atoms with van der Waals surface area (Å²) in [5.41, 5.74) is 0. The molecule has 0 amide bonds. The van der Waals surface area contributed by atoms with Crippen LogP contribution in [0.5, 0.6) is 0 Å². The van der Waals surface area contributed by atoms with E-state index in [-0.39, 0.29) is 6.61 Å². The Bertz CT molecular complexity index is 243. The Balaban J connectivity index is 2.13. The summed E-state index contributed by atoms with van der Waals surface area (Å²) < 4.78 is 16.0. The van der Waals surface area contributed by atoms with Crippen LogP contribution in [0, 0.1) is 0 Å². The van der Waals surface area contributed by atoms with E-state index in [0.717, 1.165) is 0 Å². The monoisotopic (exact) mass is 220 g/mol. The second-order valence-corrected chi connectivity index (χ2v) is 4.31. The van der Waals surface area contributed by atoms with Gasteiger partial charge in [0.1, 0.15) is 24.4 Å². The Morgan fingerprint density at radius 3 is 2.40 bits per heavy atom. The molecule has 6 heteroatoms. The van der Waals surface area contributed by atoms with Crippen molar-refractivity contribution in [1.82, 2.24) is 0 Å². The molecular formula is C9H16O6. The van der Waals surface area contributed by atoms with Crippen molar-refractivity contribution in [3.05, 3.63) is 0 Å². The number of rotatable bonds is 1. The van der Waals surface area contributed by atoms with Gasteiger partial charge in [0.05, 0.1) is 6.61 Å². The fourth-order valence-electron chi connectivity index (χ4n) is 1.91. The van der Waals surface area contributed by atoms with E-state index in [1.165, 1.54) is 0 Å². The Morgan fingerprint density at radius 1 is 1.13 bits per heavy atom. The molecule has 0 aromatic carbocycles. The quantitative estimate of drug-likeness (QED) is 0.502. The third-order valence-electron chi connectivity index (χ3n) is 2.64. The minimum atomic E-state index is -1.16. The molecule has 0 bridgehead atoms. The summed E-state index contributed by atoms with van der Waals surface area (Å²) in [7, 11) is 0. The van der Waals surface area contributed by atoms with Gasteiger partial charge in [-0.05, 0) is 13.8 Å². The van der Waals surface area contributed by atoms with Crippen LogP contribution in [-0.2, 0) is 14.2 Å². The zero-order valence-corrected chi connectivity index (χ0v) is 8.66. The Morgan fingerprint density at radius 2 is 1.80 bits per heavy atom. The van der Waals surface area contributed by atoms with E-state index in [4.69, 9.17) is 19.3 Å². The maximum absolute atomic E-state index is 9.74. The molecule has 88 valence electrons. The minimum Gasteiger partial charge on any atom is -0.394 e. The molecule has 0 aromatic rings. The smallest absolute Gasteiger partial charge is 0.190 e. The van der Waals surface area contributed by atoms with Gasteiger partial charge >= 0.3 is 0 Å². The van der Waals surface area contributed by atoms with E-state index in [2.05, 4.69) is 0 Å².